The van der Waals surface area contributed by atoms with Gasteiger partial charge >= 0.3 is 0 Å². The predicted molar refractivity (Wildman–Crippen MR) is 81.1 cm³/mol. The van der Waals surface area contributed by atoms with Gasteiger partial charge in [-0.15, -0.1) is 0 Å². The van der Waals surface area contributed by atoms with E-state index in [4.69, 9.17) is 5.73 Å². The zero-order valence-electron chi connectivity index (χ0n) is 10.1. The molecule has 0 spiro atoms. The van der Waals surface area contributed by atoms with E-state index in [2.05, 4.69) is 33.0 Å². The van der Waals surface area contributed by atoms with Crippen molar-refractivity contribution in [3.63, 3.8) is 0 Å². The molecule has 1 heterocycles. The molecule has 0 atom stereocenters. The molecule has 0 unspecified atom stereocenters. The highest BCUT2D eigenvalue weighted by Gasteiger charge is 2.06. The molecule has 0 aliphatic heterocycles. The van der Waals surface area contributed by atoms with Crippen LogP contribution in [0, 0.1) is 0 Å². The lowest BCUT2D eigenvalue weighted by Crippen LogP contribution is -1.95. The molecule has 19 heavy (non-hydrogen) atoms. The lowest BCUT2D eigenvalue weighted by Gasteiger charge is -2.08. The number of imidazole rings is 1. The Labute approximate surface area is 119 Å². The van der Waals surface area contributed by atoms with E-state index >= 15 is 0 Å². The third kappa shape index (κ3) is 2.39. The molecule has 0 amide bonds. The molecule has 3 rings (SSSR count). The highest BCUT2D eigenvalue weighted by molar-refractivity contribution is 9.10. The Morgan fingerprint density at radius 2 is 1.63 bits per heavy atom. The van der Waals surface area contributed by atoms with Crippen molar-refractivity contribution in [1.29, 1.82) is 0 Å². The van der Waals surface area contributed by atoms with Crippen molar-refractivity contribution >= 4 is 21.6 Å². The summed E-state index contributed by atoms with van der Waals surface area (Å²) in [6.07, 6.45) is 3.67. The van der Waals surface area contributed by atoms with Crippen molar-refractivity contribution in [3.05, 3.63) is 65.5 Å². The summed E-state index contributed by atoms with van der Waals surface area (Å²) in [5, 5.41) is 0. The minimum atomic E-state index is 0.758. The van der Waals surface area contributed by atoms with Gasteiger partial charge in [0.05, 0.1) is 18.2 Å². The summed E-state index contributed by atoms with van der Waals surface area (Å²) in [5.74, 6) is 0. The quantitative estimate of drug-likeness (QED) is 0.729. The maximum absolute atomic E-state index is 5.72. The van der Waals surface area contributed by atoms with E-state index in [0.717, 1.165) is 27.1 Å². The summed E-state index contributed by atoms with van der Waals surface area (Å²) in [6.45, 7) is 0. The van der Waals surface area contributed by atoms with Gasteiger partial charge in [-0.1, -0.05) is 28.1 Å². The lowest BCUT2D eigenvalue weighted by atomic mass is 10.1. The van der Waals surface area contributed by atoms with Crippen LogP contribution in [-0.4, -0.2) is 9.55 Å². The standard InChI is InChI=1S/C15H12BrN3/c16-12-3-1-11(2-4-12)15-9-18-10-19(15)14-7-5-13(17)6-8-14/h1-10H,17H2. The Balaban J connectivity index is 2.07. The minimum Gasteiger partial charge on any atom is -0.399 e. The van der Waals surface area contributed by atoms with Gasteiger partial charge in [0.2, 0.25) is 0 Å². The molecule has 94 valence electrons. The average molecular weight is 314 g/mol. The van der Waals surface area contributed by atoms with Crippen molar-refractivity contribution in [2.24, 2.45) is 0 Å². The van der Waals surface area contributed by atoms with E-state index in [9.17, 15) is 0 Å². The molecule has 0 saturated carbocycles. The molecule has 3 aromatic rings. The number of benzene rings is 2. The van der Waals surface area contributed by atoms with Gasteiger partial charge in [0.15, 0.2) is 0 Å². The Bertz CT molecular complexity index is 624. The van der Waals surface area contributed by atoms with Crippen LogP contribution in [0.2, 0.25) is 0 Å². The van der Waals surface area contributed by atoms with Crippen LogP contribution in [0.15, 0.2) is 65.5 Å². The van der Waals surface area contributed by atoms with E-state index in [1.807, 2.05) is 53.5 Å². The summed E-state index contributed by atoms with van der Waals surface area (Å²) in [7, 11) is 0. The Morgan fingerprint density at radius 3 is 2.32 bits per heavy atom. The van der Waals surface area contributed by atoms with E-state index in [0.29, 0.717) is 0 Å². The molecule has 2 N–H and O–H groups in total. The van der Waals surface area contributed by atoms with Gasteiger partial charge in [-0.05, 0) is 36.4 Å². The maximum Gasteiger partial charge on any atom is 0.0997 e. The van der Waals surface area contributed by atoms with Gasteiger partial charge in [-0.25, -0.2) is 4.98 Å². The summed E-state index contributed by atoms with van der Waals surface area (Å²) >= 11 is 3.44. The number of aromatic nitrogens is 2. The van der Waals surface area contributed by atoms with E-state index in [1.165, 1.54) is 0 Å². The van der Waals surface area contributed by atoms with Gasteiger partial charge in [0, 0.05) is 21.4 Å². The van der Waals surface area contributed by atoms with Crippen LogP contribution in [0.25, 0.3) is 16.9 Å². The number of nitrogen functional groups attached to an aromatic ring is 1. The molecule has 0 saturated heterocycles. The third-order valence-corrected chi connectivity index (χ3v) is 3.48. The number of rotatable bonds is 2. The molecule has 3 nitrogen and oxygen atoms in total. The molecule has 0 fully saturated rings. The summed E-state index contributed by atoms with van der Waals surface area (Å²) < 4.78 is 3.11. The lowest BCUT2D eigenvalue weighted by molar-refractivity contribution is 1.06. The molecular formula is C15H12BrN3. The van der Waals surface area contributed by atoms with Crippen LogP contribution in [-0.2, 0) is 0 Å². The molecule has 1 aromatic heterocycles. The summed E-state index contributed by atoms with van der Waals surface area (Å²) in [5.41, 5.74) is 9.70. The zero-order valence-corrected chi connectivity index (χ0v) is 11.7. The highest BCUT2D eigenvalue weighted by Crippen LogP contribution is 2.24. The Morgan fingerprint density at radius 1 is 0.947 bits per heavy atom. The monoisotopic (exact) mass is 313 g/mol. The van der Waals surface area contributed by atoms with Gasteiger partial charge in [-0.3, -0.25) is 4.57 Å². The van der Waals surface area contributed by atoms with Crippen molar-refractivity contribution in [2.75, 3.05) is 5.73 Å². The Hall–Kier alpha value is -2.07. The smallest absolute Gasteiger partial charge is 0.0997 e. The van der Waals surface area contributed by atoms with Crippen LogP contribution in [0.1, 0.15) is 0 Å². The number of hydrogen-bond donors (Lipinski definition) is 1. The number of halogens is 1. The average Bonchev–Trinajstić information content (AvgIpc) is 2.90. The first-order chi connectivity index (χ1) is 9.24. The topological polar surface area (TPSA) is 43.8 Å². The second-order valence-electron chi connectivity index (χ2n) is 4.25. The van der Waals surface area contributed by atoms with Crippen molar-refractivity contribution < 1.29 is 0 Å². The van der Waals surface area contributed by atoms with Crippen molar-refractivity contribution in [1.82, 2.24) is 9.55 Å². The summed E-state index contributed by atoms with van der Waals surface area (Å²) in [4.78, 5) is 4.24. The minimum absolute atomic E-state index is 0.758. The molecule has 4 heteroatoms. The highest BCUT2D eigenvalue weighted by atomic mass is 79.9. The molecule has 0 radical (unpaired) electrons. The first-order valence-electron chi connectivity index (χ1n) is 5.88. The van der Waals surface area contributed by atoms with Crippen LogP contribution >= 0.6 is 15.9 Å². The molecule has 0 bridgehead atoms. The first kappa shape index (κ1) is 12.0. The van der Waals surface area contributed by atoms with E-state index < -0.39 is 0 Å². The fourth-order valence-electron chi connectivity index (χ4n) is 1.97. The number of nitrogens with two attached hydrogens (primary N) is 1. The fourth-order valence-corrected chi connectivity index (χ4v) is 2.23. The molecule has 0 aliphatic rings. The van der Waals surface area contributed by atoms with Crippen LogP contribution in [0.5, 0.6) is 0 Å². The number of nitrogens with zero attached hydrogens (tertiary/aromatic N) is 2. The summed E-state index contributed by atoms with van der Waals surface area (Å²) in [6, 6.07) is 15.9. The van der Waals surface area contributed by atoms with Crippen LogP contribution in [0.3, 0.4) is 0 Å². The number of hydrogen-bond acceptors (Lipinski definition) is 2. The van der Waals surface area contributed by atoms with Gasteiger partial charge < -0.3 is 5.73 Å². The largest absolute Gasteiger partial charge is 0.399 e. The van der Waals surface area contributed by atoms with Crippen molar-refractivity contribution in [3.8, 4) is 16.9 Å². The van der Waals surface area contributed by atoms with Gasteiger partial charge in [-0.2, -0.15) is 0 Å². The van der Waals surface area contributed by atoms with Crippen LogP contribution in [0.4, 0.5) is 5.69 Å². The molecular weight excluding hydrogens is 302 g/mol. The van der Waals surface area contributed by atoms with E-state index in [1.54, 1.807) is 0 Å². The van der Waals surface area contributed by atoms with Crippen molar-refractivity contribution in [2.45, 2.75) is 0 Å². The maximum atomic E-state index is 5.72. The predicted octanol–water partition coefficient (Wildman–Crippen LogP) is 3.88. The third-order valence-electron chi connectivity index (χ3n) is 2.95. The normalized spacial score (nSPS) is 10.6. The van der Waals surface area contributed by atoms with Gasteiger partial charge in [0.1, 0.15) is 0 Å². The second kappa shape index (κ2) is 4.90. The van der Waals surface area contributed by atoms with E-state index in [-0.39, 0.29) is 0 Å². The molecule has 2 aromatic carbocycles. The second-order valence-corrected chi connectivity index (χ2v) is 5.16. The molecule has 0 aliphatic carbocycles. The fraction of sp³-hybridized carbons (Fsp3) is 0. The zero-order chi connectivity index (χ0) is 13.2. The van der Waals surface area contributed by atoms with Gasteiger partial charge in [0.25, 0.3) is 0 Å². The number of anilines is 1. The first-order valence-corrected chi connectivity index (χ1v) is 6.67. The Kier molecular flexibility index (Phi) is 3.09. The SMILES string of the molecule is Nc1ccc(-n2cncc2-c2ccc(Br)cc2)cc1. The van der Waals surface area contributed by atoms with Crippen LogP contribution < -0.4 is 5.73 Å².